The van der Waals surface area contributed by atoms with E-state index in [1.165, 1.54) is 12.4 Å². The zero-order valence-electron chi connectivity index (χ0n) is 6.40. The third-order valence-corrected chi connectivity index (χ3v) is 1.36. The van der Waals surface area contributed by atoms with Crippen LogP contribution in [0.1, 0.15) is 16.2 Å². The molecule has 5 nitrogen and oxygen atoms in total. The van der Waals surface area contributed by atoms with E-state index in [9.17, 15) is 4.79 Å². The van der Waals surface area contributed by atoms with Crippen molar-refractivity contribution >= 4 is 5.91 Å². The van der Waals surface area contributed by atoms with Gasteiger partial charge in [0.05, 0.1) is 5.69 Å². The van der Waals surface area contributed by atoms with Gasteiger partial charge >= 0.3 is 0 Å². The summed E-state index contributed by atoms with van der Waals surface area (Å²) in [4.78, 5) is 18.3. The van der Waals surface area contributed by atoms with Crippen LogP contribution >= 0.6 is 0 Å². The lowest BCUT2D eigenvalue weighted by molar-refractivity contribution is 0.0994. The minimum Gasteiger partial charge on any atom is -0.396 e. The minimum atomic E-state index is -0.619. The van der Waals surface area contributed by atoms with Crippen LogP contribution in [0.5, 0.6) is 0 Å². The maximum absolute atomic E-state index is 10.7. The molecule has 1 heterocycles. The van der Waals surface area contributed by atoms with E-state index in [4.69, 9.17) is 10.8 Å². The monoisotopic (exact) mass is 167 g/mol. The molecule has 0 aliphatic carbocycles. The SMILES string of the molecule is NC(=O)c1nccnc1CCO. The second-order valence-electron chi connectivity index (χ2n) is 2.19. The fraction of sp³-hybridized carbons (Fsp3) is 0.286. The second-order valence-corrected chi connectivity index (χ2v) is 2.19. The Balaban J connectivity index is 3.00. The maximum Gasteiger partial charge on any atom is 0.269 e. The summed E-state index contributed by atoms with van der Waals surface area (Å²) >= 11 is 0. The highest BCUT2D eigenvalue weighted by Crippen LogP contribution is 2.00. The fourth-order valence-electron chi connectivity index (χ4n) is 0.862. The predicted molar refractivity (Wildman–Crippen MR) is 41.3 cm³/mol. The van der Waals surface area contributed by atoms with Gasteiger partial charge in [-0.1, -0.05) is 0 Å². The second kappa shape index (κ2) is 3.77. The van der Waals surface area contributed by atoms with Crippen LogP contribution in [0.15, 0.2) is 12.4 Å². The van der Waals surface area contributed by atoms with Crippen molar-refractivity contribution in [3.63, 3.8) is 0 Å². The van der Waals surface area contributed by atoms with Gasteiger partial charge in [-0.25, -0.2) is 4.98 Å². The predicted octanol–water partition coefficient (Wildman–Crippen LogP) is -0.890. The van der Waals surface area contributed by atoms with Gasteiger partial charge in [0.2, 0.25) is 0 Å². The van der Waals surface area contributed by atoms with Gasteiger partial charge in [0, 0.05) is 25.4 Å². The molecule has 0 radical (unpaired) electrons. The average Bonchev–Trinajstić information content (AvgIpc) is 2.05. The highest BCUT2D eigenvalue weighted by molar-refractivity contribution is 5.91. The molecule has 0 aliphatic heterocycles. The first kappa shape index (κ1) is 8.61. The quantitative estimate of drug-likeness (QED) is 0.611. The largest absolute Gasteiger partial charge is 0.396 e. The van der Waals surface area contributed by atoms with E-state index in [1.54, 1.807) is 0 Å². The van der Waals surface area contributed by atoms with Crippen LogP contribution in [0.25, 0.3) is 0 Å². The lowest BCUT2D eigenvalue weighted by Crippen LogP contribution is -2.17. The third-order valence-electron chi connectivity index (χ3n) is 1.36. The number of amides is 1. The Labute approximate surface area is 69.3 Å². The topological polar surface area (TPSA) is 89.1 Å². The summed E-state index contributed by atoms with van der Waals surface area (Å²) in [5, 5.41) is 8.61. The number of hydrogen-bond acceptors (Lipinski definition) is 4. The van der Waals surface area contributed by atoms with E-state index in [0.29, 0.717) is 12.1 Å². The summed E-state index contributed by atoms with van der Waals surface area (Å²) < 4.78 is 0. The van der Waals surface area contributed by atoms with Gasteiger partial charge in [0.25, 0.3) is 5.91 Å². The molecule has 0 saturated heterocycles. The first-order chi connectivity index (χ1) is 5.75. The molecule has 0 aliphatic rings. The van der Waals surface area contributed by atoms with Crippen molar-refractivity contribution in [2.75, 3.05) is 6.61 Å². The molecule has 0 atom stereocenters. The number of carbonyl (C=O) groups is 1. The lowest BCUT2D eigenvalue weighted by atomic mass is 10.2. The smallest absolute Gasteiger partial charge is 0.269 e. The van der Waals surface area contributed by atoms with Crippen molar-refractivity contribution in [3.05, 3.63) is 23.8 Å². The van der Waals surface area contributed by atoms with Gasteiger partial charge in [-0.15, -0.1) is 0 Å². The molecule has 0 spiro atoms. The van der Waals surface area contributed by atoms with Gasteiger partial charge in [0.15, 0.2) is 0 Å². The van der Waals surface area contributed by atoms with Crippen molar-refractivity contribution in [2.45, 2.75) is 6.42 Å². The number of primary amides is 1. The Morgan fingerprint density at radius 2 is 2.17 bits per heavy atom. The van der Waals surface area contributed by atoms with Crippen LogP contribution in [0, 0.1) is 0 Å². The van der Waals surface area contributed by atoms with Crippen LogP contribution < -0.4 is 5.73 Å². The molecule has 0 aromatic carbocycles. The highest BCUT2D eigenvalue weighted by Gasteiger charge is 2.08. The van der Waals surface area contributed by atoms with Crippen molar-refractivity contribution in [2.24, 2.45) is 5.73 Å². The van der Waals surface area contributed by atoms with Gasteiger partial charge in [-0.2, -0.15) is 0 Å². The van der Waals surface area contributed by atoms with Crippen LogP contribution in [0.2, 0.25) is 0 Å². The Hall–Kier alpha value is -1.49. The van der Waals surface area contributed by atoms with E-state index < -0.39 is 5.91 Å². The number of nitrogens with two attached hydrogens (primary N) is 1. The molecule has 1 rings (SSSR count). The number of nitrogens with zero attached hydrogens (tertiary/aromatic N) is 2. The molecular formula is C7H9N3O2. The first-order valence-electron chi connectivity index (χ1n) is 3.46. The number of carbonyl (C=O) groups excluding carboxylic acids is 1. The normalized spacial score (nSPS) is 9.75. The summed E-state index contributed by atoms with van der Waals surface area (Å²) in [7, 11) is 0. The number of aromatic nitrogens is 2. The van der Waals surface area contributed by atoms with Crippen molar-refractivity contribution in [1.29, 1.82) is 0 Å². The first-order valence-corrected chi connectivity index (χ1v) is 3.46. The summed E-state index contributed by atoms with van der Waals surface area (Å²) in [5.74, 6) is -0.619. The molecule has 12 heavy (non-hydrogen) atoms. The molecule has 0 fully saturated rings. The summed E-state index contributed by atoms with van der Waals surface area (Å²) in [5.41, 5.74) is 5.59. The molecule has 3 N–H and O–H groups in total. The molecule has 1 aromatic rings. The molecule has 1 aromatic heterocycles. The van der Waals surface area contributed by atoms with Gasteiger partial charge in [-0.05, 0) is 0 Å². The van der Waals surface area contributed by atoms with E-state index in [0.717, 1.165) is 0 Å². The molecule has 64 valence electrons. The van der Waals surface area contributed by atoms with E-state index in [-0.39, 0.29) is 12.3 Å². The van der Waals surface area contributed by atoms with Crippen LogP contribution in [-0.2, 0) is 6.42 Å². The lowest BCUT2D eigenvalue weighted by Gasteiger charge is -2.00. The van der Waals surface area contributed by atoms with Gasteiger partial charge in [0.1, 0.15) is 5.69 Å². The van der Waals surface area contributed by atoms with Gasteiger partial charge in [-0.3, -0.25) is 9.78 Å². The fourth-order valence-corrected chi connectivity index (χ4v) is 0.862. The van der Waals surface area contributed by atoms with Crippen LogP contribution in [-0.4, -0.2) is 27.6 Å². The number of aliphatic hydroxyl groups excluding tert-OH is 1. The van der Waals surface area contributed by atoms with E-state index in [1.807, 2.05) is 0 Å². The van der Waals surface area contributed by atoms with E-state index in [2.05, 4.69) is 9.97 Å². The number of hydrogen-bond donors (Lipinski definition) is 2. The number of rotatable bonds is 3. The summed E-state index contributed by atoms with van der Waals surface area (Å²) in [6.45, 7) is -0.0705. The molecule has 5 heteroatoms. The van der Waals surface area contributed by atoms with E-state index >= 15 is 0 Å². The van der Waals surface area contributed by atoms with Crippen LogP contribution in [0.4, 0.5) is 0 Å². The summed E-state index contributed by atoms with van der Waals surface area (Å²) in [6, 6.07) is 0. The van der Waals surface area contributed by atoms with Crippen LogP contribution in [0.3, 0.4) is 0 Å². The third kappa shape index (κ3) is 1.76. The van der Waals surface area contributed by atoms with Crippen molar-refractivity contribution in [3.8, 4) is 0 Å². The Kier molecular flexibility index (Phi) is 2.71. The minimum absolute atomic E-state index is 0.0705. The molecular weight excluding hydrogens is 158 g/mol. The zero-order chi connectivity index (χ0) is 8.97. The molecule has 1 amide bonds. The van der Waals surface area contributed by atoms with Crippen molar-refractivity contribution < 1.29 is 9.90 Å². The van der Waals surface area contributed by atoms with Gasteiger partial charge < -0.3 is 10.8 Å². The average molecular weight is 167 g/mol. The zero-order valence-corrected chi connectivity index (χ0v) is 6.40. The maximum atomic E-state index is 10.7. The molecule has 0 bridgehead atoms. The Morgan fingerprint density at radius 3 is 2.75 bits per heavy atom. The standard InChI is InChI=1S/C7H9N3O2/c8-7(12)6-5(1-4-11)9-2-3-10-6/h2-3,11H,1,4H2,(H2,8,12). The molecule has 0 saturated carbocycles. The Morgan fingerprint density at radius 1 is 1.50 bits per heavy atom. The summed E-state index contributed by atoms with van der Waals surface area (Å²) in [6.07, 6.45) is 3.14. The Bertz CT molecular complexity index is 288. The highest BCUT2D eigenvalue weighted by atomic mass is 16.3. The molecule has 0 unspecified atom stereocenters. The number of aliphatic hydroxyl groups is 1. The van der Waals surface area contributed by atoms with Crippen molar-refractivity contribution in [1.82, 2.24) is 9.97 Å².